The first kappa shape index (κ1) is 10.4. The standard InChI is InChI=1S/C10H11FN2O/c1-7(2)12-13-10(14)8-4-3-5-9(11)6-8/h3-6H,1-2H3,(H,13,14). The monoisotopic (exact) mass is 194 g/mol. The highest BCUT2D eigenvalue weighted by Crippen LogP contribution is 2.02. The molecule has 4 heteroatoms. The number of hydrogen-bond acceptors (Lipinski definition) is 2. The van der Waals surface area contributed by atoms with Gasteiger partial charge in [-0.1, -0.05) is 6.07 Å². The Bertz CT molecular complexity index is 370. The van der Waals surface area contributed by atoms with E-state index in [1.54, 1.807) is 13.8 Å². The van der Waals surface area contributed by atoms with E-state index in [0.29, 0.717) is 0 Å². The van der Waals surface area contributed by atoms with Gasteiger partial charge >= 0.3 is 0 Å². The van der Waals surface area contributed by atoms with Crippen LogP contribution < -0.4 is 5.43 Å². The lowest BCUT2D eigenvalue weighted by molar-refractivity contribution is 0.0954. The number of nitrogens with one attached hydrogen (secondary N) is 1. The van der Waals surface area contributed by atoms with E-state index in [-0.39, 0.29) is 5.56 Å². The molecule has 0 aliphatic heterocycles. The number of hydrogen-bond donors (Lipinski definition) is 1. The molecule has 0 bridgehead atoms. The largest absolute Gasteiger partial charge is 0.271 e. The van der Waals surface area contributed by atoms with Crippen molar-refractivity contribution in [2.24, 2.45) is 5.10 Å². The topological polar surface area (TPSA) is 41.5 Å². The first-order valence-electron chi connectivity index (χ1n) is 4.16. The van der Waals surface area contributed by atoms with Crippen molar-refractivity contribution in [3.63, 3.8) is 0 Å². The molecule has 1 aromatic rings. The molecule has 0 atom stereocenters. The van der Waals surface area contributed by atoms with Crippen LogP contribution in [-0.4, -0.2) is 11.6 Å². The molecule has 14 heavy (non-hydrogen) atoms. The number of carbonyl (C=O) groups excluding carboxylic acids is 1. The van der Waals surface area contributed by atoms with Crippen molar-refractivity contribution in [2.75, 3.05) is 0 Å². The lowest BCUT2D eigenvalue weighted by atomic mass is 10.2. The first-order chi connectivity index (χ1) is 6.59. The van der Waals surface area contributed by atoms with Gasteiger partial charge in [0.25, 0.3) is 5.91 Å². The van der Waals surface area contributed by atoms with Crippen molar-refractivity contribution in [3.8, 4) is 0 Å². The molecule has 0 saturated heterocycles. The van der Waals surface area contributed by atoms with E-state index < -0.39 is 11.7 Å². The van der Waals surface area contributed by atoms with Gasteiger partial charge in [0.2, 0.25) is 0 Å². The third-order valence-corrected chi connectivity index (χ3v) is 1.47. The number of halogens is 1. The number of benzene rings is 1. The molecule has 1 amide bonds. The van der Waals surface area contributed by atoms with Gasteiger partial charge < -0.3 is 0 Å². The summed E-state index contributed by atoms with van der Waals surface area (Å²) in [6, 6.07) is 5.45. The third-order valence-electron chi connectivity index (χ3n) is 1.47. The highest BCUT2D eigenvalue weighted by Gasteiger charge is 2.04. The molecule has 0 unspecified atom stereocenters. The third kappa shape index (κ3) is 2.97. The highest BCUT2D eigenvalue weighted by molar-refractivity contribution is 5.94. The molecular weight excluding hydrogens is 183 g/mol. The maximum atomic E-state index is 12.7. The molecule has 0 spiro atoms. The maximum Gasteiger partial charge on any atom is 0.271 e. The van der Waals surface area contributed by atoms with Crippen LogP contribution in [0.1, 0.15) is 24.2 Å². The smallest absolute Gasteiger partial charge is 0.267 e. The molecular formula is C10H11FN2O. The van der Waals surface area contributed by atoms with Crippen LogP contribution in [0, 0.1) is 5.82 Å². The molecule has 1 aromatic carbocycles. The molecule has 0 aliphatic carbocycles. The van der Waals surface area contributed by atoms with Crippen LogP contribution in [0.3, 0.4) is 0 Å². The summed E-state index contributed by atoms with van der Waals surface area (Å²) in [6.07, 6.45) is 0. The van der Waals surface area contributed by atoms with Gasteiger partial charge in [-0.25, -0.2) is 9.82 Å². The molecule has 0 fully saturated rings. The van der Waals surface area contributed by atoms with Crippen molar-refractivity contribution >= 4 is 11.6 Å². The zero-order valence-corrected chi connectivity index (χ0v) is 8.04. The number of carbonyl (C=O) groups is 1. The fourth-order valence-corrected chi connectivity index (χ4v) is 0.857. The van der Waals surface area contributed by atoms with Gasteiger partial charge in [0.15, 0.2) is 0 Å². The van der Waals surface area contributed by atoms with Crippen molar-refractivity contribution in [1.82, 2.24) is 5.43 Å². The summed E-state index contributed by atoms with van der Waals surface area (Å²) >= 11 is 0. The highest BCUT2D eigenvalue weighted by atomic mass is 19.1. The van der Waals surface area contributed by atoms with Crippen LogP contribution in [0.5, 0.6) is 0 Å². The summed E-state index contributed by atoms with van der Waals surface area (Å²) in [5, 5.41) is 3.73. The zero-order chi connectivity index (χ0) is 10.6. The Hall–Kier alpha value is -1.71. The van der Waals surface area contributed by atoms with E-state index in [1.165, 1.54) is 18.2 Å². The van der Waals surface area contributed by atoms with Crippen LogP contribution in [0.25, 0.3) is 0 Å². The Kier molecular flexibility index (Phi) is 3.34. The summed E-state index contributed by atoms with van der Waals surface area (Å²) < 4.78 is 12.7. The first-order valence-corrected chi connectivity index (χ1v) is 4.16. The summed E-state index contributed by atoms with van der Waals surface area (Å²) in [5.74, 6) is -0.847. The van der Waals surface area contributed by atoms with E-state index >= 15 is 0 Å². The molecule has 0 heterocycles. The summed E-state index contributed by atoms with van der Waals surface area (Å²) in [7, 11) is 0. The van der Waals surface area contributed by atoms with Gasteiger partial charge in [-0.15, -0.1) is 0 Å². The average molecular weight is 194 g/mol. The lowest BCUT2D eigenvalue weighted by Gasteiger charge is -1.99. The van der Waals surface area contributed by atoms with Crippen LogP contribution in [0.2, 0.25) is 0 Å². The van der Waals surface area contributed by atoms with Gasteiger partial charge in [-0.2, -0.15) is 5.10 Å². The van der Waals surface area contributed by atoms with Crippen LogP contribution in [-0.2, 0) is 0 Å². The minimum Gasteiger partial charge on any atom is -0.267 e. The molecule has 74 valence electrons. The van der Waals surface area contributed by atoms with Gasteiger partial charge in [-0.3, -0.25) is 4.79 Å². The Morgan fingerprint density at radius 2 is 2.14 bits per heavy atom. The summed E-state index contributed by atoms with van der Waals surface area (Å²) in [4.78, 5) is 11.3. The Morgan fingerprint density at radius 3 is 2.71 bits per heavy atom. The lowest BCUT2D eigenvalue weighted by Crippen LogP contribution is -2.18. The van der Waals surface area contributed by atoms with E-state index in [1.807, 2.05) is 0 Å². The van der Waals surface area contributed by atoms with Gasteiger partial charge in [0, 0.05) is 11.3 Å². The SMILES string of the molecule is CC(C)=NNC(=O)c1cccc(F)c1. The van der Waals surface area contributed by atoms with Gasteiger partial charge in [-0.05, 0) is 32.0 Å². The fourth-order valence-electron chi connectivity index (χ4n) is 0.857. The predicted octanol–water partition coefficient (Wildman–Crippen LogP) is 1.95. The minimum absolute atomic E-state index is 0.259. The predicted molar refractivity (Wildman–Crippen MR) is 52.6 cm³/mol. The summed E-state index contributed by atoms with van der Waals surface area (Å²) in [6.45, 7) is 3.51. The molecule has 0 saturated carbocycles. The Balaban J connectivity index is 2.75. The Labute approximate surface area is 81.6 Å². The van der Waals surface area contributed by atoms with E-state index in [2.05, 4.69) is 10.5 Å². The number of rotatable bonds is 2. The van der Waals surface area contributed by atoms with Crippen molar-refractivity contribution < 1.29 is 9.18 Å². The zero-order valence-electron chi connectivity index (χ0n) is 8.04. The normalized spacial score (nSPS) is 9.36. The van der Waals surface area contributed by atoms with E-state index in [4.69, 9.17) is 0 Å². The average Bonchev–Trinajstić information content (AvgIpc) is 2.14. The molecule has 1 N–H and O–H groups in total. The summed E-state index contributed by atoms with van der Waals surface area (Å²) in [5.41, 5.74) is 3.30. The van der Waals surface area contributed by atoms with Crippen molar-refractivity contribution in [3.05, 3.63) is 35.6 Å². The Morgan fingerprint density at radius 1 is 1.43 bits per heavy atom. The number of hydrazone groups is 1. The van der Waals surface area contributed by atoms with Crippen LogP contribution in [0.4, 0.5) is 4.39 Å². The van der Waals surface area contributed by atoms with E-state index in [9.17, 15) is 9.18 Å². The van der Waals surface area contributed by atoms with Crippen LogP contribution in [0.15, 0.2) is 29.4 Å². The minimum atomic E-state index is -0.435. The van der Waals surface area contributed by atoms with Gasteiger partial charge in [0.1, 0.15) is 5.82 Å². The second-order valence-corrected chi connectivity index (χ2v) is 3.01. The number of nitrogens with zero attached hydrogens (tertiary/aromatic N) is 1. The van der Waals surface area contributed by atoms with E-state index in [0.717, 1.165) is 11.8 Å². The molecule has 3 nitrogen and oxygen atoms in total. The van der Waals surface area contributed by atoms with Gasteiger partial charge in [0.05, 0.1) is 0 Å². The van der Waals surface area contributed by atoms with Crippen molar-refractivity contribution in [1.29, 1.82) is 0 Å². The fraction of sp³-hybridized carbons (Fsp3) is 0.200. The molecule has 0 radical (unpaired) electrons. The second kappa shape index (κ2) is 4.50. The number of amides is 1. The maximum absolute atomic E-state index is 12.7. The molecule has 0 aliphatic rings. The van der Waals surface area contributed by atoms with Crippen molar-refractivity contribution in [2.45, 2.75) is 13.8 Å². The second-order valence-electron chi connectivity index (χ2n) is 3.01. The van der Waals surface area contributed by atoms with Crippen LogP contribution >= 0.6 is 0 Å². The molecule has 0 aromatic heterocycles. The molecule has 1 rings (SSSR count). The quantitative estimate of drug-likeness (QED) is 0.567.